The van der Waals surface area contributed by atoms with Gasteiger partial charge in [0.25, 0.3) is 5.89 Å². The highest BCUT2D eigenvalue weighted by atomic mass is 32.1. The summed E-state index contributed by atoms with van der Waals surface area (Å²) >= 11 is 1.56. The molecule has 0 saturated carbocycles. The van der Waals surface area contributed by atoms with E-state index < -0.39 is 0 Å². The summed E-state index contributed by atoms with van der Waals surface area (Å²) in [5, 5.41) is 9.71. The topological polar surface area (TPSA) is 94.3 Å². The molecule has 0 radical (unpaired) electrons. The molecule has 1 N–H and O–H groups in total. The second-order valence-electron chi connectivity index (χ2n) is 9.05. The number of hydrogen-bond donors (Lipinski definition) is 1. The third-order valence-corrected chi connectivity index (χ3v) is 6.83. The molecule has 2 aromatic heterocycles. The molecule has 4 rings (SSSR count). The molecule has 0 spiro atoms. The van der Waals surface area contributed by atoms with Crippen molar-refractivity contribution in [2.24, 2.45) is 5.92 Å². The number of anilines is 1. The normalized spacial score (nSPS) is 11.9. The first-order valence-electron chi connectivity index (χ1n) is 12.5. The van der Waals surface area contributed by atoms with Gasteiger partial charge in [0.2, 0.25) is 5.82 Å². The van der Waals surface area contributed by atoms with Gasteiger partial charge < -0.3 is 14.6 Å². The van der Waals surface area contributed by atoms with Crippen LogP contribution in [0.5, 0.6) is 0 Å². The lowest BCUT2D eigenvalue weighted by Crippen LogP contribution is -2.16. The minimum atomic E-state index is -0.261. The van der Waals surface area contributed by atoms with E-state index in [0.29, 0.717) is 42.6 Å². The molecule has 0 amide bonds. The van der Waals surface area contributed by atoms with E-state index in [1.807, 2.05) is 53.9 Å². The number of carbonyl (C=O) groups excluding carboxylic acids is 2. The lowest BCUT2D eigenvalue weighted by molar-refractivity contribution is -0.143. The fourth-order valence-electron chi connectivity index (χ4n) is 4.02. The molecule has 1 atom stereocenters. The fraction of sp³-hybridized carbons (Fsp3) is 0.310. The van der Waals surface area contributed by atoms with Crippen molar-refractivity contribution in [2.75, 3.05) is 11.9 Å². The Morgan fingerprint density at radius 2 is 1.78 bits per heavy atom. The Morgan fingerprint density at radius 1 is 1.03 bits per heavy atom. The van der Waals surface area contributed by atoms with E-state index >= 15 is 0 Å². The van der Waals surface area contributed by atoms with Gasteiger partial charge in [-0.05, 0) is 60.5 Å². The van der Waals surface area contributed by atoms with Crippen molar-refractivity contribution in [3.05, 3.63) is 77.2 Å². The lowest BCUT2D eigenvalue weighted by Gasteiger charge is -2.24. The second kappa shape index (κ2) is 12.5. The molecule has 192 valence electrons. The summed E-state index contributed by atoms with van der Waals surface area (Å²) < 4.78 is 10.3. The van der Waals surface area contributed by atoms with E-state index in [1.165, 1.54) is 0 Å². The molecular formula is C29H31N3O4S. The van der Waals surface area contributed by atoms with E-state index in [2.05, 4.69) is 41.4 Å². The van der Waals surface area contributed by atoms with E-state index in [4.69, 9.17) is 9.26 Å². The molecule has 0 saturated heterocycles. The summed E-state index contributed by atoms with van der Waals surface area (Å²) in [6.45, 7) is 6.47. The van der Waals surface area contributed by atoms with Crippen LogP contribution in [0.15, 0.2) is 70.6 Å². The largest absolute Gasteiger partial charge is 0.466 e. The molecular weight excluding hydrogens is 486 g/mol. The zero-order valence-corrected chi connectivity index (χ0v) is 22.1. The van der Waals surface area contributed by atoms with Gasteiger partial charge in [-0.15, -0.1) is 11.3 Å². The first kappa shape index (κ1) is 26.3. The number of benzene rings is 2. The zero-order chi connectivity index (χ0) is 26.2. The minimum absolute atomic E-state index is 0.0237. The molecule has 8 heteroatoms. The van der Waals surface area contributed by atoms with Crippen molar-refractivity contribution in [1.82, 2.24) is 10.1 Å². The number of esters is 1. The number of Topliss-reactive ketones (excluding diaryl/α,β-unsaturated/α-hetero) is 1. The molecule has 4 aromatic rings. The molecule has 0 aliphatic rings. The smallest absolute Gasteiger partial charge is 0.305 e. The van der Waals surface area contributed by atoms with Crippen molar-refractivity contribution < 1.29 is 18.8 Å². The molecule has 2 aromatic carbocycles. The second-order valence-corrected chi connectivity index (χ2v) is 10.00. The highest BCUT2D eigenvalue weighted by molar-refractivity contribution is 7.13. The van der Waals surface area contributed by atoms with Crippen LogP contribution >= 0.6 is 11.3 Å². The molecule has 0 aliphatic heterocycles. The van der Waals surface area contributed by atoms with E-state index in [9.17, 15) is 9.59 Å². The molecule has 0 fully saturated rings. The first-order chi connectivity index (χ1) is 17.9. The van der Waals surface area contributed by atoms with Crippen LogP contribution in [0.1, 0.15) is 62.0 Å². The average Bonchev–Trinajstić information content (AvgIpc) is 3.60. The number of aromatic nitrogens is 2. The fourth-order valence-corrected chi connectivity index (χ4v) is 4.66. The number of nitrogens with zero attached hydrogens (tertiary/aromatic N) is 2. The van der Waals surface area contributed by atoms with Crippen LogP contribution in [0.4, 0.5) is 5.69 Å². The quantitative estimate of drug-likeness (QED) is 0.157. The van der Waals surface area contributed by atoms with Gasteiger partial charge in [-0.3, -0.25) is 9.59 Å². The maximum absolute atomic E-state index is 12.5. The Hall–Kier alpha value is -3.78. The standard InChI is InChI=1S/C29H31N3O4S/c1-4-35-26(34)9-5-7-24(33)20-14-16-23(17-15-20)30-27(19(2)3)21-10-12-22(13-11-21)28-31-29(36-32-28)25-8-6-18-37-25/h6,8,10-19,27,30H,4-5,7,9H2,1-3H3. The van der Waals surface area contributed by atoms with Gasteiger partial charge in [-0.25, -0.2) is 0 Å². The Labute approximate surface area is 220 Å². The van der Waals surface area contributed by atoms with Crippen molar-refractivity contribution >= 4 is 28.8 Å². The van der Waals surface area contributed by atoms with Crippen LogP contribution in [0.25, 0.3) is 22.2 Å². The predicted molar refractivity (Wildman–Crippen MR) is 146 cm³/mol. The van der Waals surface area contributed by atoms with Crippen molar-refractivity contribution in [1.29, 1.82) is 0 Å². The molecule has 0 bridgehead atoms. The number of rotatable bonds is 12. The third kappa shape index (κ3) is 6.92. The Bertz CT molecular complexity index is 1300. The zero-order valence-electron chi connectivity index (χ0n) is 21.3. The Balaban J connectivity index is 1.38. The van der Waals surface area contributed by atoms with Crippen LogP contribution < -0.4 is 5.32 Å². The van der Waals surface area contributed by atoms with Crippen molar-refractivity contribution in [2.45, 2.75) is 46.1 Å². The maximum Gasteiger partial charge on any atom is 0.305 e. The molecule has 1 unspecified atom stereocenters. The molecule has 7 nitrogen and oxygen atoms in total. The monoisotopic (exact) mass is 517 g/mol. The third-order valence-electron chi connectivity index (χ3n) is 5.97. The minimum Gasteiger partial charge on any atom is -0.466 e. The summed E-state index contributed by atoms with van der Waals surface area (Å²) in [6.07, 6.45) is 1.07. The summed E-state index contributed by atoms with van der Waals surface area (Å²) in [5.41, 5.74) is 3.61. The number of ether oxygens (including phenoxy) is 1. The molecule has 0 aliphatic carbocycles. The van der Waals surface area contributed by atoms with Crippen LogP contribution in [-0.4, -0.2) is 28.5 Å². The predicted octanol–water partition coefficient (Wildman–Crippen LogP) is 7.19. The van der Waals surface area contributed by atoms with Crippen LogP contribution in [0.2, 0.25) is 0 Å². The van der Waals surface area contributed by atoms with Gasteiger partial charge in [0.15, 0.2) is 5.78 Å². The van der Waals surface area contributed by atoms with E-state index in [0.717, 1.165) is 21.7 Å². The van der Waals surface area contributed by atoms with Crippen molar-refractivity contribution in [3.63, 3.8) is 0 Å². The van der Waals surface area contributed by atoms with Gasteiger partial charge >= 0.3 is 5.97 Å². The highest BCUT2D eigenvalue weighted by Gasteiger charge is 2.18. The summed E-state index contributed by atoms with van der Waals surface area (Å²) in [4.78, 5) is 29.4. The van der Waals surface area contributed by atoms with Gasteiger partial charge in [0.1, 0.15) is 0 Å². The van der Waals surface area contributed by atoms with Crippen molar-refractivity contribution in [3.8, 4) is 22.2 Å². The van der Waals surface area contributed by atoms with Crippen LogP contribution in [0, 0.1) is 5.92 Å². The summed E-state index contributed by atoms with van der Waals surface area (Å²) in [5.74, 6) is 1.17. The highest BCUT2D eigenvalue weighted by Crippen LogP contribution is 2.30. The molecule has 2 heterocycles. The number of ketones is 1. The number of carbonyl (C=O) groups is 2. The maximum atomic E-state index is 12.5. The first-order valence-corrected chi connectivity index (χ1v) is 13.4. The number of thiophene rings is 1. The summed E-state index contributed by atoms with van der Waals surface area (Å²) in [7, 11) is 0. The van der Waals surface area contributed by atoms with Gasteiger partial charge in [-0.1, -0.05) is 49.3 Å². The average molecular weight is 518 g/mol. The Kier molecular flexibility index (Phi) is 8.85. The number of nitrogens with one attached hydrogen (secondary N) is 1. The van der Waals surface area contributed by atoms with E-state index in [1.54, 1.807) is 18.3 Å². The summed E-state index contributed by atoms with van der Waals surface area (Å²) in [6, 6.07) is 19.7. The number of hydrogen-bond acceptors (Lipinski definition) is 8. The van der Waals surface area contributed by atoms with Gasteiger partial charge in [-0.2, -0.15) is 4.98 Å². The van der Waals surface area contributed by atoms with Gasteiger partial charge in [0.05, 0.1) is 17.5 Å². The van der Waals surface area contributed by atoms with Crippen LogP contribution in [0.3, 0.4) is 0 Å². The molecule has 37 heavy (non-hydrogen) atoms. The van der Waals surface area contributed by atoms with Crippen LogP contribution in [-0.2, 0) is 9.53 Å². The Morgan fingerprint density at radius 3 is 2.43 bits per heavy atom. The van der Waals surface area contributed by atoms with E-state index in [-0.39, 0.29) is 24.2 Å². The van der Waals surface area contributed by atoms with Gasteiger partial charge in [0, 0.05) is 29.7 Å². The lowest BCUT2D eigenvalue weighted by atomic mass is 9.94. The SMILES string of the molecule is CCOC(=O)CCCC(=O)c1ccc(NC(c2ccc(-c3noc(-c4cccs4)n3)cc2)C(C)C)cc1.